The van der Waals surface area contributed by atoms with Gasteiger partial charge in [0.05, 0.1) is 13.2 Å². The van der Waals surface area contributed by atoms with Gasteiger partial charge in [0.25, 0.3) is 0 Å². The van der Waals surface area contributed by atoms with E-state index in [0.29, 0.717) is 13.2 Å². The number of hydrogen-bond donors (Lipinski definition) is 1. The van der Waals surface area contributed by atoms with Gasteiger partial charge in [0.1, 0.15) is 6.10 Å². The number of hydrogen-bond acceptors (Lipinski definition) is 3. The van der Waals surface area contributed by atoms with Crippen LogP contribution in [0.4, 0.5) is 0 Å². The number of aliphatic hydroxyl groups excluding tert-OH is 1. The zero-order valence-electron chi connectivity index (χ0n) is 6.33. The van der Waals surface area contributed by atoms with E-state index in [2.05, 4.69) is 20.9 Å². The van der Waals surface area contributed by atoms with Crippen LogP contribution in [0.3, 0.4) is 0 Å². The van der Waals surface area contributed by atoms with E-state index in [1.165, 1.54) is 0 Å². The summed E-state index contributed by atoms with van der Waals surface area (Å²) in [4.78, 5) is 3.99. The molecular formula is C8H8BrNO2. The fourth-order valence-corrected chi connectivity index (χ4v) is 1.97. The summed E-state index contributed by atoms with van der Waals surface area (Å²) in [6, 6.07) is 0. The van der Waals surface area contributed by atoms with Crippen LogP contribution in [0.5, 0.6) is 0 Å². The van der Waals surface area contributed by atoms with Crippen LogP contribution >= 0.6 is 15.9 Å². The van der Waals surface area contributed by atoms with E-state index >= 15 is 0 Å². The van der Waals surface area contributed by atoms with Gasteiger partial charge in [-0.1, -0.05) is 0 Å². The molecule has 2 rings (SSSR count). The molecule has 0 amide bonds. The van der Waals surface area contributed by atoms with Crippen molar-refractivity contribution in [1.29, 1.82) is 0 Å². The summed E-state index contributed by atoms with van der Waals surface area (Å²) >= 11 is 3.34. The fraction of sp³-hybridized carbons (Fsp3) is 0.375. The molecule has 4 heteroatoms. The lowest BCUT2D eigenvalue weighted by molar-refractivity contribution is 0.00908. The minimum Gasteiger partial charge on any atom is -0.386 e. The normalized spacial score (nSPS) is 22.0. The maximum atomic E-state index is 9.56. The third-order valence-electron chi connectivity index (χ3n) is 1.89. The summed E-state index contributed by atoms with van der Waals surface area (Å²) in [7, 11) is 0. The first kappa shape index (κ1) is 8.16. The molecule has 0 aliphatic carbocycles. The van der Waals surface area contributed by atoms with E-state index in [9.17, 15) is 5.11 Å². The molecule has 3 nitrogen and oxygen atoms in total. The monoisotopic (exact) mass is 229 g/mol. The number of halogens is 1. The van der Waals surface area contributed by atoms with Crippen LogP contribution in [0.2, 0.25) is 0 Å². The van der Waals surface area contributed by atoms with Gasteiger partial charge in [0.15, 0.2) is 0 Å². The molecule has 1 aliphatic heterocycles. The lowest BCUT2D eigenvalue weighted by atomic mass is 10.0. The first-order valence-corrected chi connectivity index (χ1v) is 4.46. The molecule has 1 unspecified atom stereocenters. The lowest BCUT2D eigenvalue weighted by Crippen LogP contribution is -2.17. The number of rotatable bonds is 0. The highest BCUT2D eigenvalue weighted by Crippen LogP contribution is 2.30. The number of fused-ring (bicyclic) bond motifs is 1. The largest absolute Gasteiger partial charge is 0.386 e. The second-order valence-electron chi connectivity index (χ2n) is 2.73. The molecule has 12 heavy (non-hydrogen) atoms. The molecular weight excluding hydrogens is 222 g/mol. The Hall–Kier alpha value is -0.450. The van der Waals surface area contributed by atoms with Gasteiger partial charge >= 0.3 is 0 Å². The quantitative estimate of drug-likeness (QED) is 0.732. The van der Waals surface area contributed by atoms with E-state index in [1.54, 1.807) is 12.4 Å². The zero-order valence-corrected chi connectivity index (χ0v) is 7.91. The number of aliphatic hydroxyl groups is 1. The molecule has 0 saturated carbocycles. The summed E-state index contributed by atoms with van der Waals surface area (Å²) in [6.07, 6.45) is 2.89. The van der Waals surface area contributed by atoms with Crippen molar-refractivity contribution in [2.24, 2.45) is 0 Å². The topological polar surface area (TPSA) is 42.4 Å². The minimum absolute atomic E-state index is 0.371. The molecule has 2 heterocycles. The summed E-state index contributed by atoms with van der Waals surface area (Å²) in [5, 5.41) is 9.56. The van der Waals surface area contributed by atoms with Crippen molar-refractivity contribution in [3.63, 3.8) is 0 Å². The van der Waals surface area contributed by atoms with E-state index in [4.69, 9.17) is 4.74 Å². The van der Waals surface area contributed by atoms with Gasteiger partial charge in [-0.3, -0.25) is 4.98 Å². The molecule has 0 aromatic carbocycles. The van der Waals surface area contributed by atoms with E-state index in [1.807, 2.05) is 0 Å². The predicted octanol–water partition coefficient (Wildman–Crippen LogP) is 1.41. The van der Waals surface area contributed by atoms with Gasteiger partial charge in [0.2, 0.25) is 0 Å². The summed E-state index contributed by atoms with van der Waals surface area (Å²) < 4.78 is 6.01. The molecule has 0 saturated heterocycles. The molecule has 0 radical (unpaired) electrons. The highest BCUT2D eigenvalue weighted by molar-refractivity contribution is 9.10. The Morgan fingerprint density at radius 1 is 1.58 bits per heavy atom. The third kappa shape index (κ3) is 1.26. The van der Waals surface area contributed by atoms with Gasteiger partial charge in [-0.15, -0.1) is 0 Å². The van der Waals surface area contributed by atoms with Crippen LogP contribution < -0.4 is 0 Å². The number of aromatic nitrogens is 1. The van der Waals surface area contributed by atoms with Crippen LogP contribution in [0, 0.1) is 0 Å². The lowest BCUT2D eigenvalue weighted by Gasteiger charge is -2.22. The maximum absolute atomic E-state index is 9.56. The highest BCUT2D eigenvalue weighted by atomic mass is 79.9. The first-order chi connectivity index (χ1) is 5.79. The third-order valence-corrected chi connectivity index (χ3v) is 2.52. The Balaban J connectivity index is 2.53. The molecule has 1 atom stereocenters. The van der Waals surface area contributed by atoms with Gasteiger partial charge in [-0.2, -0.15) is 0 Å². The Kier molecular flexibility index (Phi) is 2.12. The number of ether oxygens (including phenoxy) is 1. The van der Waals surface area contributed by atoms with Crippen molar-refractivity contribution >= 4 is 15.9 Å². The Morgan fingerprint density at radius 2 is 2.42 bits per heavy atom. The molecule has 64 valence electrons. The van der Waals surface area contributed by atoms with Crippen molar-refractivity contribution in [3.05, 3.63) is 28.0 Å². The first-order valence-electron chi connectivity index (χ1n) is 3.67. The van der Waals surface area contributed by atoms with Crippen molar-refractivity contribution in [2.45, 2.75) is 12.7 Å². The second-order valence-corrected chi connectivity index (χ2v) is 3.58. The minimum atomic E-state index is -0.522. The molecule has 1 aliphatic rings. The fourth-order valence-electron chi connectivity index (χ4n) is 1.34. The standard InChI is InChI=1S/C8H8BrNO2/c9-6-2-10-1-5-3-12-4-7(11)8(5)6/h1-2,7,11H,3-4H2. The van der Waals surface area contributed by atoms with Gasteiger partial charge < -0.3 is 9.84 Å². The van der Waals surface area contributed by atoms with Gasteiger partial charge in [-0.25, -0.2) is 0 Å². The van der Waals surface area contributed by atoms with Crippen LogP contribution in [-0.2, 0) is 11.3 Å². The summed E-state index contributed by atoms with van der Waals surface area (Å²) in [5.41, 5.74) is 1.87. The Morgan fingerprint density at radius 3 is 3.17 bits per heavy atom. The van der Waals surface area contributed by atoms with Gasteiger partial charge in [-0.05, 0) is 15.9 Å². The number of nitrogens with zero attached hydrogens (tertiary/aromatic N) is 1. The summed E-state index contributed by atoms with van der Waals surface area (Å²) in [5.74, 6) is 0. The highest BCUT2D eigenvalue weighted by Gasteiger charge is 2.20. The van der Waals surface area contributed by atoms with Gasteiger partial charge in [0, 0.05) is 28.0 Å². The van der Waals surface area contributed by atoms with Crippen LogP contribution in [0.1, 0.15) is 17.2 Å². The zero-order chi connectivity index (χ0) is 8.55. The Labute approximate surface area is 78.5 Å². The smallest absolute Gasteiger partial charge is 0.104 e. The molecule has 0 fully saturated rings. The van der Waals surface area contributed by atoms with Crippen LogP contribution in [0.25, 0.3) is 0 Å². The van der Waals surface area contributed by atoms with Crippen molar-refractivity contribution in [2.75, 3.05) is 6.61 Å². The molecule has 0 bridgehead atoms. The van der Waals surface area contributed by atoms with Crippen LogP contribution in [-0.4, -0.2) is 16.7 Å². The molecule has 0 spiro atoms. The van der Waals surface area contributed by atoms with Crippen molar-refractivity contribution in [3.8, 4) is 0 Å². The van der Waals surface area contributed by atoms with Crippen molar-refractivity contribution < 1.29 is 9.84 Å². The average Bonchev–Trinajstić information content (AvgIpc) is 2.04. The van der Waals surface area contributed by atoms with E-state index in [0.717, 1.165) is 15.6 Å². The molecule has 1 aromatic heterocycles. The van der Waals surface area contributed by atoms with Crippen molar-refractivity contribution in [1.82, 2.24) is 4.98 Å². The van der Waals surface area contributed by atoms with Crippen LogP contribution in [0.15, 0.2) is 16.9 Å². The summed E-state index contributed by atoms with van der Waals surface area (Å²) in [6.45, 7) is 0.911. The SMILES string of the molecule is OC1COCc2cncc(Br)c21. The number of pyridine rings is 1. The van der Waals surface area contributed by atoms with E-state index < -0.39 is 6.10 Å². The maximum Gasteiger partial charge on any atom is 0.104 e. The molecule has 1 aromatic rings. The van der Waals surface area contributed by atoms with E-state index in [-0.39, 0.29) is 0 Å². The molecule has 1 N–H and O–H groups in total. The average molecular weight is 230 g/mol. The Bertz CT molecular complexity index is 303. The second kappa shape index (κ2) is 3.12. The predicted molar refractivity (Wildman–Crippen MR) is 46.6 cm³/mol.